The Labute approximate surface area is 137 Å². The van der Waals surface area contributed by atoms with E-state index in [2.05, 4.69) is 0 Å². The molecule has 0 aliphatic carbocycles. The minimum Gasteiger partial charge on any atom is -0.497 e. The number of ether oxygens (including phenoxy) is 2. The first-order valence-electron chi connectivity index (χ1n) is 6.86. The summed E-state index contributed by atoms with van der Waals surface area (Å²) >= 11 is 0.966. The second kappa shape index (κ2) is 7.64. The lowest BCUT2D eigenvalue weighted by Gasteiger charge is -2.16. The molecule has 0 spiro atoms. The Balaban J connectivity index is 1.84. The molecule has 0 bridgehead atoms. The second-order valence-corrected chi connectivity index (χ2v) is 5.80. The fourth-order valence-electron chi connectivity index (χ4n) is 1.83. The molecule has 0 radical (unpaired) electrons. The van der Waals surface area contributed by atoms with E-state index in [1.165, 1.54) is 17.0 Å². The molecule has 2 aromatic rings. The highest BCUT2D eigenvalue weighted by Gasteiger charge is 2.16. The van der Waals surface area contributed by atoms with Crippen molar-refractivity contribution in [3.63, 3.8) is 0 Å². The van der Waals surface area contributed by atoms with Crippen molar-refractivity contribution in [1.29, 1.82) is 0 Å². The van der Waals surface area contributed by atoms with Gasteiger partial charge in [-0.15, -0.1) is 11.3 Å². The Kier molecular flexibility index (Phi) is 5.59. The van der Waals surface area contributed by atoms with Crippen molar-refractivity contribution < 1.29 is 24.2 Å². The van der Waals surface area contributed by atoms with Crippen LogP contribution in [-0.4, -0.2) is 49.2 Å². The van der Waals surface area contributed by atoms with Crippen LogP contribution in [0.5, 0.6) is 11.5 Å². The Morgan fingerprint density at radius 2 is 1.70 bits per heavy atom. The maximum Gasteiger partial charge on any atom is 0.345 e. The summed E-state index contributed by atoms with van der Waals surface area (Å²) in [7, 11) is 3.25. The van der Waals surface area contributed by atoms with Gasteiger partial charge < -0.3 is 19.5 Å². The minimum atomic E-state index is -1.03. The summed E-state index contributed by atoms with van der Waals surface area (Å²) in [5, 5.41) is 8.88. The maximum absolute atomic E-state index is 12.2. The van der Waals surface area contributed by atoms with E-state index in [4.69, 9.17) is 14.6 Å². The van der Waals surface area contributed by atoms with Gasteiger partial charge in [-0.3, -0.25) is 4.79 Å². The van der Waals surface area contributed by atoms with Gasteiger partial charge in [0.05, 0.1) is 18.5 Å². The molecule has 23 heavy (non-hydrogen) atoms. The number of nitrogens with zero attached hydrogens (tertiary/aromatic N) is 1. The van der Waals surface area contributed by atoms with Crippen LogP contribution in [0.25, 0.3) is 0 Å². The molecular weight excluding hydrogens is 318 g/mol. The lowest BCUT2D eigenvalue weighted by Crippen LogP contribution is -2.30. The van der Waals surface area contributed by atoms with Gasteiger partial charge in [-0.25, -0.2) is 4.79 Å². The van der Waals surface area contributed by atoms with Gasteiger partial charge in [0.1, 0.15) is 23.0 Å². The first kappa shape index (κ1) is 16.8. The second-order valence-electron chi connectivity index (χ2n) is 4.72. The van der Waals surface area contributed by atoms with Crippen LogP contribution in [0.15, 0.2) is 36.4 Å². The summed E-state index contributed by atoms with van der Waals surface area (Å²) in [4.78, 5) is 25.1. The molecule has 0 aliphatic heterocycles. The largest absolute Gasteiger partial charge is 0.497 e. The van der Waals surface area contributed by atoms with Gasteiger partial charge in [0.2, 0.25) is 0 Å². The van der Waals surface area contributed by atoms with Crippen molar-refractivity contribution in [2.75, 3.05) is 27.3 Å². The number of aromatic carboxylic acids is 1. The van der Waals surface area contributed by atoms with Gasteiger partial charge in [-0.1, -0.05) is 0 Å². The van der Waals surface area contributed by atoms with E-state index >= 15 is 0 Å². The number of methoxy groups -OCH3 is 1. The Morgan fingerprint density at radius 1 is 1.09 bits per heavy atom. The van der Waals surface area contributed by atoms with Crippen LogP contribution in [0.3, 0.4) is 0 Å². The fraction of sp³-hybridized carbons (Fsp3) is 0.250. The minimum absolute atomic E-state index is 0.149. The lowest BCUT2D eigenvalue weighted by atomic mass is 10.3. The number of benzene rings is 1. The van der Waals surface area contributed by atoms with Gasteiger partial charge in [0.25, 0.3) is 5.91 Å². The van der Waals surface area contributed by atoms with Crippen molar-refractivity contribution in [3.8, 4) is 11.5 Å². The van der Waals surface area contributed by atoms with Crippen LogP contribution in [0.4, 0.5) is 0 Å². The van der Waals surface area contributed by atoms with E-state index in [0.29, 0.717) is 23.8 Å². The Morgan fingerprint density at radius 3 is 2.26 bits per heavy atom. The predicted molar refractivity (Wildman–Crippen MR) is 86.7 cm³/mol. The molecule has 1 heterocycles. The quantitative estimate of drug-likeness (QED) is 0.842. The van der Waals surface area contributed by atoms with Gasteiger partial charge >= 0.3 is 5.97 Å². The third-order valence-electron chi connectivity index (χ3n) is 3.13. The zero-order valence-electron chi connectivity index (χ0n) is 12.8. The number of rotatable bonds is 7. The number of amides is 1. The Hall–Kier alpha value is -2.54. The summed E-state index contributed by atoms with van der Waals surface area (Å²) in [5.74, 6) is 0.188. The summed E-state index contributed by atoms with van der Waals surface area (Å²) < 4.78 is 10.6. The van der Waals surface area contributed by atoms with Gasteiger partial charge in [-0.2, -0.15) is 0 Å². The first-order chi connectivity index (χ1) is 11.0. The maximum atomic E-state index is 12.2. The number of hydrogen-bond acceptors (Lipinski definition) is 5. The normalized spacial score (nSPS) is 10.2. The third-order valence-corrected chi connectivity index (χ3v) is 4.19. The van der Waals surface area contributed by atoms with Crippen molar-refractivity contribution in [2.45, 2.75) is 0 Å². The Bertz CT molecular complexity index is 680. The first-order valence-corrected chi connectivity index (χ1v) is 7.68. The van der Waals surface area contributed by atoms with Crippen LogP contribution in [-0.2, 0) is 0 Å². The van der Waals surface area contributed by atoms with Crippen molar-refractivity contribution in [2.24, 2.45) is 0 Å². The van der Waals surface area contributed by atoms with E-state index < -0.39 is 5.97 Å². The third kappa shape index (κ3) is 4.46. The van der Waals surface area contributed by atoms with Crippen molar-refractivity contribution in [3.05, 3.63) is 46.2 Å². The summed E-state index contributed by atoms with van der Waals surface area (Å²) in [6, 6.07) is 10.1. The summed E-state index contributed by atoms with van der Waals surface area (Å²) in [6.45, 7) is 0.733. The summed E-state index contributed by atoms with van der Waals surface area (Å²) in [6.07, 6.45) is 0. The molecule has 0 atom stereocenters. The fourth-order valence-corrected chi connectivity index (χ4v) is 2.67. The van der Waals surface area contributed by atoms with Crippen LogP contribution in [0.2, 0.25) is 0 Å². The molecule has 7 heteroatoms. The SMILES string of the molecule is COc1ccc(OCCN(C)C(=O)c2ccc(C(=O)O)s2)cc1. The molecule has 1 amide bonds. The van der Waals surface area contributed by atoms with E-state index in [-0.39, 0.29) is 10.8 Å². The van der Waals surface area contributed by atoms with Gasteiger partial charge in [0, 0.05) is 7.05 Å². The molecule has 122 valence electrons. The van der Waals surface area contributed by atoms with Crippen LogP contribution >= 0.6 is 11.3 Å². The number of carboxylic acids is 1. The molecule has 0 saturated heterocycles. The molecule has 0 saturated carbocycles. The average Bonchev–Trinajstić information content (AvgIpc) is 3.05. The van der Waals surface area contributed by atoms with E-state index in [9.17, 15) is 9.59 Å². The number of thiophene rings is 1. The van der Waals surface area contributed by atoms with E-state index in [1.807, 2.05) is 0 Å². The highest BCUT2D eigenvalue weighted by molar-refractivity contribution is 7.15. The van der Waals surface area contributed by atoms with Gasteiger partial charge in [-0.05, 0) is 36.4 Å². The van der Waals surface area contributed by atoms with Gasteiger partial charge in [0.15, 0.2) is 0 Å². The monoisotopic (exact) mass is 335 g/mol. The number of hydrogen-bond donors (Lipinski definition) is 1. The molecule has 6 nitrogen and oxygen atoms in total. The van der Waals surface area contributed by atoms with E-state index in [0.717, 1.165) is 17.1 Å². The number of likely N-dealkylation sites (N-methyl/N-ethyl adjacent to an activating group) is 1. The number of carbonyl (C=O) groups is 2. The highest BCUT2D eigenvalue weighted by atomic mass is 32.1. The standard InChI is InChI=1S/C16H17NO5S/c1-17(15(18)13-7-8-14(23-13)16(19)20)9-10-22-12-5-3-11(21-2)4-6-12/h3-8H,9-10H2,1-2H3,(H,19,20). The van der Waals surface area contributed by atoms with Crippen molar-refractivity contribution >= 4 is 23.2 Å². The number of carbonyl (C=O) groups excluding carboxylic acids is 1. The molecule has 0 aliphatic rings. The molecule has 1 aromatic heterocycles. The lowest BCUT2D eigenvalue weighted by molar-refractivity contribution is 0.0701. The van der Waals surface area contributed by atoms with Crippen LogP contribution in [0, 0.1) is 0 Å². The zero-order valence-corrected chi connectivity index (χ0v) is 13.6. The molecule has 0 fully saturated rings. The smallest absolute Gasteiger partial charge is 0.345 e. The predicted octanol–water partition coefficient (Wildman–Crippen LogP) is 2.61. The molecule has 1 N–H and O–H groups in total. The molecule has 2 rings (SSSR count). The zero-order chi connectivity index (χ0) is 16.8. The van der Waals surface area contributed by atoms with Crippen LogP contribution in [0.1, 0.15) is 19.3 Å². The summed E-state index contributed by atoms with van der Waals surface area (Å²) in [5.41, 5.74) is 0. The molecular formula is C16H17NO5S. The van der Waals surface area contributed by atoms with Crippen molar-refractivity contribution in [1.82, 2.24) is 4.90 Å². The van der Waals surface area contributed by atoms with Crippen LogP contribution < -0.4 is 9.47 Å². The molecule has 0 unspecified atom stereocenters. The topological polar surface area (TPSA) is 76.1 Å². The highest BCUT2D eigenvalue weighted by Crippen LogP contribution is 2.19. The molecule has 1 aromatic carbocycles. The number of carboxylic acid groups (broad SMARTS) is 1. The average molecular weight is 335 g/mol. The van der Waals surface area contributed by atoms with E-state index in [1.54, 1.807) is 38.4 Å².